The number of H-pyrrole nitrogens is 1. The summed E-state index contributed by atoms with van der Waals surface area (Å²) in [5.41, 5.74) is -1.42. The molecule has 10 heteroatoms. The van der Waals surface area contributed by atoms with E-state index in [4.69, 9.17) is 4.52 Å². The lowest BCUT2D eigenvalue weighted by molar-refractivity contribution is 0.421. The van der Waals surface area contributed by atoms with Crippen LogP contribution in [0.3, 0.4) is 0 Å². The van der Waals surface area contributed by atoms with Gasteiger partial charge in [-0.25, -0.2) is 13.8 Å². The Labute approximate surface area is 149 Å². The van der Waals surface area contributed by atoms with Crippen LogP contribution in [0.4, 0.5) is 8.78 Å². The second-order valence-electron chi connectivity index (χ2n) is 5.58. The number of nitrogens with zero attached hydrogens (tertiary/aromatic N) is 4. The summed E-state index contributed by atoms with van der Waals surface area (Å²) in [4.78, 5) is 17.8. The number of halogens is 2. The van der Waals surface area contributed by atoms with Crippen molar-refractivity contribution in [3.63, 3.8) is 0 Å². The molecule has 0 aliphatic carbocycles. The average Bonchev–Trinajstić information content (AvgIpc) is 3.26. The van der Waals surface area contributed by atoms with Crippen LogP contribution < -0.4 is 5.56 Å². The van der Waals surface area contributed by atoms with Gasteiger partial charge in [0.1, 0.15) is 34.7 Å². The summed E-state index contributed by atoms with van der Waals surface area (Å²) in [6.45, 7) is -0.134. The lowest BCUT2D eigenvalue weighted by Gasteiger charge is -2.06. The largest absolute Gasteiger partial charge is 0.493 e. The molecule has 3 heterocycles. The summed E-state index contributed by atoms with van der Waals surface area (Å²) in [5, 5.41) is 17.7. The van der Waals surface area contributed by atoms with Crippen molar-refractivity contribution in [2.24, 2.45) is 0 Å². The Hall–Kier alpha value is -3.82. The Morgan fingerprint density at radius 2 is 2.04 bits per heavy atom. The van der Waals surface area contributed by atoms with Gasteiger partial charge >= 0.3 is 0 Å². The average molecular weight is 371 g/mol. The number of aromatic nitrogens is 5. The fraction of sp³-hybridized carbons (Fsp3) is 0.0588. The monoisotopic (exact) mass is 371 g/mol. The summed E-state index contributed by atoms with van der Waals surface area (Å²) >= 11 is 0. The highest BCUT2D eigenvalue weighted by Gasteiger charge is 2.27. The molecule has 0 fully saturated rings. The van der Waals surface area contributed by atoms with Crippen LogP contribution in [0.1, 0.15) is 5.56 Å². The standard InChI is InChI=1S/C17H11F2N5O3/c18-10-4-2-1-3-9(10)7-24-15(11-5-6-27-23-11)13(19)14(22-24)12-16(25)20-8-21-17(12)26/h1-6,8H,7H2,(H2,20,21,25,26). The second-order valence-corrected chi connectivity index (χ2v) is 5.58. The van der Waals surface area contributed by atoms with Crippen LogP contribution in [0, 0.1) is 11.6 Å². The van der Waals surface area contributed by atoms with Crippen LogP contribution in [0.15, 0.2) is 52.2 Å². The molecule has 0 saturated carbocycles. The van der Waals surface area contributed by atoms with Crippen molar-refractivity contribution in [2.45, 2.75) is 6.54 Å². The van der Waals surface area contributed by atoms with Gasteiger partial charge in [0.05, 0.1) is 12.9 Å². The topological polar surface area (TPSA) is 110 Å². The Morgan fingerprint density at radius 1 is 1.22 bits per heavy atom. The van der Waals surface area contributed by atoms with E-state index < -0.39 is 34.3 Å². The number of benzene rings is 1. The lowest BCUT2D eigenvalue weighted by atomic mass is 10.1. The van der Waals surface area contributed by atoms with E-state index in [1.807, 2.05) is 0 Å². The van der Waals surface area contributed by atoms with Gasteiger partial charge in [-0.2, -0.15) is 5.10 Å². The van der Waals surface area contributed by atoms with E-state index >= 15 is 4.39 Å². The first-order valence-electron chi connectivity index (χ1n) is 7.73. The maximum atomic E-state index is 15.2. The van der Waals surface area contributed by atoms with E-state index in [1.54, 1.807) is 6.07 Å². The lowest BCUT2D eigenvalue weighted by Crippen LogP contribution is -2.10. The van der Waals surface area contributed by atoms with Crippen molar-refractivity contribution in [2.75, 3.05) is 0 Å². The zero-order valence-corrected chi connectivity index (χ0v) is 13.6. The normalized spacial score (nSPS) is 11.0. The third-order valence-corrected chi connectivity index (χ3v) is 3.92. The van der Waals surface area contributed by atoms with Crippen LogP contribution in [0.2, 0.25) is 0 Å². The number of rotatable bonds is 4. The van der Waals surface area contributed by atoms with Gasteiger partial charge in [-0.05, 0) is 6.07 Å². The molecule has 0 spiro atoms. The Balaban J connectivity index is 1.93. The maximum Gasteiger partial charge on any atom is 0.264 e. The molecule has 0 aliphatic heterocycles. The van der Waals surface area contributed by atoms with Crippen molar-refractivity contribution in [1.29, 1.82) is 0 Å². The number of aromatic hydroxyl groups is 1. The van der Waals surface area contributed by atoms with Crippen molar-refractivity contribution < 1.29 is 18.4 Å². The molecule has 1 aromatic carbocycles. The Bertz CT molecular complexity index is 1170. The molecule has 0 bridgehead atoms. The third kappa shape index (κ3) is 2.86. The van der Waals surface area contributed by atoms with E-state index in [9.17, 15) is 14.3 Å². The van der Waals surface area contributed by atoms with Crippen molar-refractivity contribution in [3.05, 3.63) is 70.5 Å². The zero-order valence-electron chi connectivity index (χ0n) is 13.6. The number of aromatic amines is 1. The van der Waals surface area contributed by atoms with Crippen LogP contribution in [0.5, 0.6) is 5.88 Å². The minimum absolute atomic E-state index is 0.0994. The molecule has 0 saturated heterocycles. The smallest absolute Gasteiger partial charge is 0.264 e. The number of nitrogens with one attached hydrogen (secondary N) is 1. The Morgan fingerprint density at radius 3 is 2.74 bits per heavy atom. The summed E-state index contributed by atoms with van der Waals surface area (Å²) in [6, 6.07) is 7.35. The molecule has 0 amide bonds. The van der Waals surface area contributed by atoms with E-state index in [0.29, 0.717) is 0 Å². The highest BCUT2D eigenvalue weighted by molar-refractivity contribution is 5.70. The Kier molecular flexibility index (Phi) is 3.99. The van der Waals surface area contributed by atoms with Crippen LogP contribution in [0.25, 0.3) is 22.6 Å². The molecule has 0 unspecified atom stereocenters. The van der Waals surface area contributed by atoms with E-state index in [2.05, 4.69) is 20.2 Å². The quantitative estimate of drug-likeness (QED) is 0.570. The number of hydrogen-bond acceptors (Lipinski definition) is 6. The zero-order chi connectivity index (χ0) is 19.0. The number of hydrogen-bond donors (Lipinski definition) is 2. The molecule has 3 aromatic heterocycles. The predicted octanol–water partition coefficient (Wildman–Crippen LogP) is 2.32. The van der Waals surface area contributed by atoms with Gasteiger partial charge in [0.2, 0.25) is 5.88 Å². The highest BCUT2D eigenvalue weighted by atomic mass is 19.1. The first-order valence-corrected chi connectivity index (χ1v) is 7.73. The molecule has 4 aromatic rings. The minimum Gasteiger partial charge on any atom is -0.493 e. The molecule has 136 valence electrons. The molecular weight excluding hydrogens is 360 g/mol. The van der Waals surface area contributed by atoms with Gasteiger partial charge in [0.15, 0.2) is 5.82 Å². The molecule has 27 heavy (non-hydrogen) atoms. The fourth-order valence-electron chi connectivity index (χ4n) is 2.69. The molecule has 0 atom stereocenters. The van der Waals surface area contributed by atoms with Crippen molar-refractivity contribution in [1.82, 2.24) is 24.9 Å². The van der Waals surface area contributed by atoms with Crippen molar-refractivity contribution in [3.8, 4) is 28.5 Å². The summed E-state index contributed by atoms with van der Waals surface area (Å²) < 4.78 is 35.1. The first-order chi connectivity index (χ1) is 13.1. The van der Waals surface area contributed by atoms with Crippen molar-refractivity contribution >= 4 is 0 Å². The molecular formula is C17H11F2N5O3. The second kappa shape index (κ2) is 6.48. The molecule has 4 rings (SSSR count). The third-order valence-electron chi connectivity index (χ3n) is 3.92. The van der Waals surface area contributed by atoms with Gasteiger partial charge < -0.3 is 14.6 Å². The van der Waals surface area contributed by atoms with Crippen LogP contribution >= 0.6 is 0 Å². The van der Waals surface area contributed by atoms with E-state index in [-0.39, 0.29) is 23.5 Å². The van der Waals surface area contributed by atoms with Gasteiger partial charge in [0, 0.05) is 11.6 Å². The molecule has 0 radical (unpaired) electrons. The van der Waals surface area contributed by atoms with Gasteiger partial charge in [-0.1, -0.05) is 23.4 Å². The van der Waals surface area contributed by atoms with Gasteiger partial charge in [-0.15, -0.1) is 0 Å². The minimum atomic E-state index is -0.922. The SMILES string of the molecule is O=c1[nH]cnc(O)c1-c1nn(Cc2ccccc2F)c(-c2ccon2)c1F. The fourth-order valence-corrected chi connectivity index (χ4v) is 2.69. The van der Waals surface area contributed by atoms with Gasteiger partial charge in [-0.3, -0.25) is 9.48 Å². The highest BCUT2D eigenvalue weighted by Crippen LogP contribution is 2.32. The molecule has 8 nitrogen and oxygen atoms in total. The molecule has 2 N–H and O–H groups in total. The van der Waals surface area contributed by atoms with E-state index in [1.165, 1.54) is 30.5 Å². The predicted molar refractivity (Wildman–Crippen MR) is 88.7 cm³/mol. The van der Waals surface area contributed by atoms with Crippen LogP contribution in [-0.2, 0) is 6.54 Å². The summed E-state index contributed by atoms with van der Waals surface area (Å²) in [5.74, 6) is -2.10. The first kappa shape index (κ1) is 16.6. The summed E-state index contributed by atoms with van der Waals surface area (Å²) in [6.07, 6.45) is 2.22. The molecule has 0 aliphatic rings. The van der Waals surface area contributed by atoms with Crippen LogP contribution in [-0.4, -0.2) is 30.0 Å². The van der Waals surface area contributed by atoms with Gasteiger partial charge in [0.25, 0.3) is 5.56 Å². The maximum absolute atomic E-state index is 15.2. The summed E-state index contributed by atoms with van der Waals surface area (Å²) in [7, 11) is 0. The van der Waals surface area contributed by atoms with E-state index in [0.717, 1.165) is 11.0 Å².